The van der Waals surface area contributed by atoms with Crippen LogP contribution >= 0.6 is 0 Å². The van der Waals surface area contributed by atoms with E-state index in [1.807, 2.05) is 6.08 Å². The molecule has 0 spiro atoms. The predicted molar refractivity (Wildman–Crippen MR) is 90.4 cm³/mol. The van der Waals surface area contributed by atoms with Crippen LogP contribution in [0.15, 0.2) is 60.1 Å². The normalized spacial score (nSPS) is 13.1. The number of hydrogen-bond acceptors (Lipinski definition) is 1. The summed E-state index contributed by atoms with van der Waals surface area (Å²) in [4.78, 5) is 4.73. The molecule has 1 aromatic rings. The highest BCUT2D eigenvalue weighted by atomic mass is 14.8. The van der Waals surface area contributed by atoms with Crippen molar-refractivity contribution in [3.05, 3.63) is 60.7 Å². The molecule has 0 amide bonds. The molecule has 1 atom stereocenters. The van der Waals surface area contributed by atoms with Gasteiger partial charge in [-0.1, -0.05) is 61.9 Å². The molecular formula is C19H27N. The highest BCUT2D eigenvalue weighted by Crippen LogP contribution is 2.21. The van der Waals surface area contributed by atoms with Crippen LogP contribution in [0.5, 0.6) is 0 Å². The first-order chi connectivity index (χ1) is 9.88. The number of benzene rings is 1. The molecule has 0 bridgehead atoms. The number of hydrogen-bond donors (Lipinski definition) is 0. The summed E-state index contributed by atoms with van der Waals surface area (Å²) >= 11 is 0. The van der Waals surface area contributed by atoms with Crippen LogP contribution < -0.4 is 0 Å². The Labute approximate surface area is 124 Å². The predicted octanol–water partition coefficient (Wildman–Crippen LogP) is 5.90. The Morgan fingerprint density at radius 2 is 1.90 bits per heavy atom. The Morgan fingerprint density at radius 3 is 2.60 bits per heavy atom. The number of nitrogens with zero attached hydrogens (tertiary/aromatic N) is 1. The van der Waals surface area contributed by atoms with E-state index in [-0.39, 0.29) is 6.04 Å². The van der Waals surface area contributed by atoms with Crippen LogP contribution in [-0.4, -0.2) is 6.21 Å². The van der Waals surface area contributed by atoms with Crippen LogP contribution in [0.2, 0.25) is 0 Å². The lowest BCUT2D eigenvalue weighted by atomic mass is 10.0. The largest absolute Gasteiger partial charge is 0.289 e. The molecule has 0 radical (unpaired) electrons. The lowest BCUT2D eigenvalue weighted by molar-refractivity contribution is 0.738. The van der Waals surface area contributed by atoms with Gasteiger partial charge in [-0.15, -0.1) is 6.58 Å². The Hall–Kier alpha value is -1.63. The zero-order valence-corrected chi connectivity index (χ0v) is 12.7. The van der Waals surface area contributed by atoms with E-state index in [1.54, 1.807) is 0 Å². The van der Waals surface area contributed by atoms with Gasteiger partial charge in [-0.05, 0) is 43.9 Å². The maximum atomic E-state index is 4.73. The second-order valence-corrected chi connectivity index (χ2v) is 4.97. The van der Waals surface area contributed by atoms with Crippen molar-refractivity contribution < 1.29 is 0 Å². The average molecular weight is 269 g/mol. The molecule has 0 aliphatic carbocycles. The smallest absolute Gasteiger partial charge is 0.0779 e. The summed E-state index contributed by atoms with van der Waals surface area (Å²) in [6, 6.07) is 10.8. The molecule has 0 saturated carbocycles. The maximum absolute atomic E-state index is 4.73. The van der Waals surface area contributed by atoms with Gasteiger partial charge >= 0.3 is 0 Å². The molecule has 0 fully saturated rings. The van der Waals surface area contributed by atoms with E-state index >= 15 is 0 Å². The van der Waals surface area contributed by atoms with Crippen LogP contribution in [-0.2, 0) is 0 Å². The average Bonchev–Trinajstić information content (AvgIpc) is 2.50. The second-order valence-electron chi connectivity index (χ2n) is 4.97. The molecule has 1 aromatic carbocycles. The van der Waals surface area contributed by atoms with Gasteiger partial charge in [0.15, 0.2) is 0 Å². The number of unbranched alkanes of at least 4 members (excludes halogenated alkanes) is 3. The van der Waals surface area contributed by atoms with Crippen LogP contribution in [0.4, 0.5) is 0 Å². The third-order valence-corrected chi connectivity index (χ3v) is 3.19. The lowest BCUT2D eigenvalue weighted by Gasteiger charge is -2.10. The van der Waals surface area contributed by atoms with Crippen LogP contribution in [0.1, 0.15) is 57.1 Å². The first kappa shape index (κ1) is 16.4. The van der Waals surface area contributed by atoms with E-state index in [0.717, 1.165) is 32.1 Å². The first-order valence-electron chi connectivity index (χ1n) is 7.71. The van der Waals surface area contributed by atoms with Crippen molar-refractivity contribution in [2.75, 3.05) is 0 Å². The van der Waals surface area contributed by atoms with Gasteiger partial charge in [0, 0.05) is 0 Å². The molecule has 1 rings (SSSR count). The summed E-state index contributed by atoms with van der Waals surface area (Å²) in [5.74, 6) is 0. The van der Waals surface area contributed by atoms with Gasteiger partial charge < -0.3 is 0 Å². The highest BCUT2D eigenvalue weighted by molar-refractivity contribution is 5.57. The van der Waals surface area contributed by atoms with E-state index in [2.05, 4.69) is 62.2 Å². The zero-order valence-electron chi connectivity index (χ0n) is 12.7. The summed E-state index contributed by atoms with van der Waals surface area (Å²) in [6.07, 6.45) is 15.2. The van der Waals surface area contributed by atoms with Gasteiger partial charge in [0.05, 0.1) is 6.04 Å². The fraction of sp³-hybridized carbons (Fsp3) is 0.421. The standard InChI is InChI=1S/C19H27N/c1-3-5-7-8-9-13-16-19(20-17-6-4-2)18-14-11-10-12-15-18/h3,9-15,17,19H,1,4-8,16H2,2H3. The molecule has 1 unspecified atom stereocenters. The molecule has 0 aliphatic rings. The van der Waals surface area contributed by atoms with Crippen molar-refractivity contribution in [3.8, 4) is 0 Å². The van der Waals surface area contributed by atoms with Crippen molar-refractivity contribution in [2.24, 2.45) is 4.99 Å². The molecule has 108 valence electrons. The Bertz CT molecular complexity index is 403. The first-order valence-corrected chi connectivity index (χ1v) is 7.71. The zero-order chi connectivity index (χ0) is 14.5. The second kappa shape index (κ2) is 11.2. The van der Waals surface area contributed by atoms with E-state index in [4.69, 9.17) is 4.99 Å². The van der Waals surface area contributed by atoms with Crippen molar-refractivity contribution in [2.45, 2.75) is 51.5 Å². The monoisotopic (exact) mass is 269 g/mol. The SMILES string of the molecule is C=CCCCC=CCC(N=CCCC)c1ccccc1. The van der Waals surface area contributed by atoms with Gasteiger partial charge in [0.25, 0.3) is 0 Å². The van der Waals surface area contributed by atoms with Gasteiger partial charge in [0.1, 0.15) is 0 Å². The molecule has 1 heteroatoms. The Kier molecular flexibility index (Phi) is 9.21. The summed E-state index contributed by atoms with van der Waals surface area (Å²) in [5, 5.41) is 0. The fourth-order valence-corrected chi connectivity index (χ4v) is 2.01. The minimum absolute atomic E-state index is 0.262. The quantitative estimate of drug-likeness (QED) is 0.285. The van der Waals surface area contributed by atoms with Crippen molar-refractivity contribution >= 4 is 6.21 Å². The lowest BCUT2D eigenvalue weighted by Crippen LogP contribution is -1.94. The Morgan fingerprint density at radius 1 is 1.10 bits per heavy atom. The Balaban J connectivity index is 2.53. The maximum Gasteiger partial charge on any atom is 0.0779 e. The van der Waals surface area contributed by atoms with Gasteiger partial charge in [-0.3, -0.25) is 4.99 Å². The third kappa shape index (κ3) is 7.08. The number of allylic oxidation sites excluding steroid dienone is 2. The molecule has 0 aromatic heterocycles. The van der Waals surface area contributed by atoms with Crippen molar-refractivity contribution in [1.82, 2.24) is 0 Å². The minimum Gasteiger partial charge on any atom is -0.289 e. The van der Waals surface area contributed by atoms with Crippen LogP contribution in [0, 0.1) is 0 Å². The third-order valence-electron chi connectivity index (χ3n) is 3.19. The van der Waals surface area contributed by atoms with Crippen molar-refractivity contribution in [1.29, 1.82) is 0 Å². The summed E-state index contributed by atoms with van der Waals surface area (Å²) in [6.45, 7) is 5.93. The molecule has 0 heterocycles. The molecule has 1 nitrogen and oxygen atoms in total. The molecule has 0 saturated heterocycles. The highest BCUT2D eigenvalue weighted by Gasteiger charge is 2.06. The minimum atomic E-state index is 0.262. The van der Waals surface area contributed by atoms with Crippen molar-refractivity contribution in [3.63, 3.8) is 0 Å². The van der Waals surface area contributed by atoms with Crippen LogP contribution in [0.3, 0.4) is 0 Å². The fourth-order valence-electron chi connectivity index (χ4n) is 2.01. The van der Waals surface area contributed by atoms with E-state index in [1.165, 1.54) is 12.0 Å². The molecule has 20 heavy (non-hydrogen) atoms. The summed E-state index contributed by atoms with van der Waals surface area (Å²) in [7, 11) is 0. The van der Waals surface area contributed by atoms with Crippen LogP contribution in [0.25, 0.3) is 0 Å². The van der Waals surface area contributed by atoms with Gasteiger partial charge in [-0.25, -0.2) is 0 Å². The summed E-state index contributed by atoms with van der Waals surface area (Å²) in [5.41, 5.74) is 1.30. The molecule has 0 aliphatic heterocycles. The van der Waals surface area contributed by atoms with E-state index in [0.29, 0.717) is 0 Å². The topological polar surface area (TPSA) is 12.4 Å². The van der Waals surface area contributed by atoms with E-state index in [9.17, 15) is 0 Å². The number of aliphatic imine (C=N–C) groups is 1. The summed E-state index contributed by atoms with van der Waals surface area (Å²) < 4.78 is 0. The number of rotatable bonds is 10. The van der Waals surface area contributed by atoms with E-state index < -0.39 is 0 Å². The van der Waals surface area contributed by atoms with Gasteiger partial charge in [0.2, 0.25) is 0 Å². The molecular weight excluding hydrogens is 242 g/mol. The molecule has 0 N–H and O–H groups in total. The van der Waals surface area contributed by atoms with Gasteiger partial charge in [-0.2, -0.15) is 0 Å².